The van der Waals surface area contributed by atoms with Gasteiger partial charge < -0.3 is 0 Å². The molecule has 0 atom stereocenters. The van der Waals surface area contributed by atoms with Crippen molar-refractivity contribution >= 4 is 15.8 Å². The van der Waals surface area contributed by atoms with Crippen LogP contribution in [0.5, 0.6) is 0 Å². The van der Waals surface area contributed by atoms with E-state index in [0.717, 1.165) is 16.8 Å². The highest BCUT2D eigenvalue weighted by Gasteiger charge is 2.22. The second kappa shape index (κ2) is 4.90. The average molecular weight is 298 g/mol. The molecule has 104 valence electrons. The molecule has 1 aromatic heterocycles. The van der Waals surface area contributed by atoms with Gasteiger partial charge in [0.1, 0.15) is 28.2 Å². The molecule has 0 amide bonds. The summed E-state index contributed by atoms with van der Waals surface area (Å²) >= 11 is 0. The number of hydrogen-bond acceptors (Lipinski definition) is 4. The van der Waals surface area contributed by atoms with Gasteiger partial charge in [0.05, 0.1) is 6.20 Å². The lowest BCUT2D eigenvalue weighted by Gasteiger charge is -2.09. The van der Waals surface area contributed by atoms with Crippen LogP contribution in [0.15, 0.2) is 29.3 Å². The smallest absolute Gasteiger partial charge is 0.262 e. The minimum Gasteiger partial charge on any atom is -0.262 e. The molecule has 0 bridgehead atoms. The summed E-state index contributed by atoms with van der Waals surface area (Å²) in [4.78, 5) is -0.719. The van der Waals surface area contributed by atoms with Gasteiger partial charge in [-0.3, -0.25) is 9.40 Å². The minimum atomic E-state index is -4.29. The molecule has 0 aliphatic rings. The highest BCUT2D eigenvalue weighted by Crippen LogP contribution is 2.21. The van der Waals surface area contributed by atoms with Crippen LogP contribution in [0.4, 0.5) is 14.6 Å². The van der Waals surface area contributed by atoms with Gasteiger partial charge in [-0.25, -0.2) is 17.2 Å². The number of nitrogens with zero attached hydrogens (tertiary/aromatic N) is 3. The number of aryl methyl sites for hydroxylation is 1. The molecule has 1 heterocycles. The second-order valence-electron chi connectivity index (χ2n) is 3.82. The highest BCUT2D eigenvalue weighted by molar-refractivity contribution is 7.92. The Bertz CT molecular complexity index is 808. The van der Waals surface area contributed by atoms with Gasteiger partial charge in [-0.05, 0) is 12.1 Å². The van der Waals surface area contributed by atoms with Crippen LogP contribution < -0.4 is 4.72 Å². The molecule has 0 spiro atoms. The SMILES string of the molecule is Cn1ncc(C#N)c1NS(=O)(=O)c1ccc(F)cc1F. The largest absolute Gasteiger partial charge is 0.265 e. The Kier molecular flexibility index (Phi) is 3.42. The first-order chi connectivity index (χ1) is 9.35. The van der Waals surface area contributed by atoms with Crippen molar-refractivity contribution in [3.8, 4) is 6.07 Å². The highest BCUT2D eigenvalue weighted by atomic mass is 32.2. The monoisotopic (exact) mass is 298 g/mol. The summed E-state index contributed by atoms with van der Waals surface area (Å²) < 4.78 is 53.5. The molecule has 9 heteroatoms. The molecule has 1 N–H and O–H groups in total. The first-order valence-electron chi connectivity index (χ1n) is 5.25. The van der Waals surface area contributed by atoms with Crippen molar-refractivity contribution in [3.05, 3.63) is 41.6 Å². The van der Waals surface area contributed by atoms with Gasteiger partial charge in [0.15, 0.2) is 5.82 Å². The lowest BCUT2D eigenvalue weighted by molar-refractivity contribution is 0.550. The molecule has 0 aliphatic carbocycles. The molecule has 0 saturated carbocycles. The van der Waals surface area contributed by atoms with Crippen molar-refractivity contribution < 1.29 is 17.2 Å². The Labute approximate surface area is 113 Å². The third-order valence-corrected chi connectivity index (χ3v) is 3.85. The first-order valence-corrected chi connectivity index (χ1v) is 6.73. The summed E-state index contributed by atoms with van der Waals surface area (Å²) in [5, 5.41) is 12.5. The molecule has 1 aromatic carbocycles. The summed E-state index contributed by atoms with van der Waals surface area (Å²) in [5.74, 6) is -2.21. The predicted octanol–water partition coefficient (Wildman–Crippen LogP) is 1.37. The number of rotatable bonds is 3. The molecule has 0 radical (unpaired) electrons. The maximum atomic E-state index is 13.5. The maximum absolute atomic E-state index is 13.5. The van der Waals surface area contributed by atoms with Gasteiger partial charge in [-0.15, -0.1) is 0 Å². The van der Waals surface area contributed by atoms with E-state index in [4.69, 9.17) is 5.26 Å². The number of hydrogen-bond donors (Lipinski definition) is 1. The van der Waals surface area contributed by atoms with Gasteiger partial charge in [0, 0.05) is 13.1 Å². The van der Waals surface area contributed by atoms with Crippen molar-refractivity contribution in [1.82, 2.24) is 9.78 Å². The van der Waals surface area contributed by atoms with Crippen LogP contribution in [-0.4, -0.2) is 18.2 Å². The minimum absolute atomic E-state index is 0.0152. The summed E-state index contributed by atoms with van der Waals surface area (Å²) in [6.45, 7) is 0. The van der Waals surface area contributed by atoms with Crippen LogP contribution in [0, 0.1) is 23.0 Å². The molecule has 2 rings (SSSR count). The normalized spacial score (nSPS) is 11.1. The van der Waals surface area contributed by atoms with Crippen molar-refractivity contribution in [2.75, 3.05) is 4.72 Å². The van der Waals surface area contributed by atoms with E-state index in [1.54, 1.807) is 6.07 Å². The Morgan fingerprint density at radius 1 is 1.40 bits per heavy atom. The van der Waals surface area contributed by atoms with Crippen molar-refractivity contribution in [3.63, 3.8) is 0 Å². The Balaban J connectivity index is 2.47. The zero-order chi connectivity index (χ0) is 14.9. The average Bonchev–Trinajstić information content (AvgIpc) is 2.69. The number of anilines is 1. The predicted molar refractivity (Wildman–Crippen MR) is 65.1 cm³/mol. The van der Waals surface area contributed by atoms with Crippen LogP contribution >= 0.6 is 0 Å². The third-order valence-electron chi connectivity index (χ3n) is 2.47. The molecular weight excluding hydrogens is 290 g/mol. The van der Waals surface area contributed by atoms with E-state index in [1.165, 1.54) is 13.2 Å². The van der Waals surface area contributed by atoms with Gasteiger partial charge in [-0.1, -0.05) is 0 Å². The third kappa shape index (κ3) is 2.46. The molecule has 2 aromatic rings. The molecule has 6 nitrogen and oxygen atoms in total. The summed E-state index contributed by atoms with van der Waals surface area (Å²) in [6.07, 6.45) is 1.17. The van der Waals surface area contributed by atoms with Crippen LogP contribution in [0.2, 0.25) is 0 Å². The number of nitriles is 1. The van der Waals surface area contributed by atoms with E-state index < -0.39 is 26.6 Å². The lowest BCUT2D eigenvalue weighted by Crippen LogP contribution is -2.17. The van der Waals surface area contributed by atoms with Gasteiger partial charge in [0.2, 0.25) is 0 Å². The fourth-order valence-corrected chi connectivity index (χ4v) is 2.69. The van der Waals surface area contributed by atoms with Crippen LogP contribution in [0.3, 0.4) is 0 Å². The first kappa shape index (κ1) is 14.0. The molecule has 20 heavy (non-hydrogen) atoms. The van der Waals surface area contributed by atoms with E-state index >= 15 is 0 Å². The van der Waals surface area contributed by atoms with Crippen molar-refractivity contribution in [2.45, 2.75) is 4.90 Å². The van der Waals surface area contributed by atoms with Crippen molar-refractivity contribution in [2.24, 2.45) is 7.05 Å². The maximum Gasteiger partial charge on any atom is 0.265 e. The number of aromatic nitrogens is 2. The Morgan fingerprint density at radius 3 is 2.70 bits per heavy atom. The molecule has 0 saturated heterocycles. The number of sulfonamides is 1. The summed E-state index contributed by atoms with van der Waals surface area (Å²) in [6, 6.07) is 3.84. The fraction of sp³-hybridized carbons (Fsp3) is 0.0909. The van der Waals surface area contributed by atoms with Crippen LogP contribution in [-0.2, 0) is 17.1 Å². The number of benzene rings is 1. The quantitative estimate of drug-likeness (QED) is 0.927. The van der Waals surface area contributed by atoms with E-state index in [-0.39, 0.29) is 11.4 Å². The Morgan fingerprint density at radius 2 is 2.10 bits per heavy atom. The zero-order valence-electron chi connectivity index (χ0n) is 10.1. The number of nitrogens with one attached hydrogen (secondary N) is 1. The molecule has 0 unspecified atom stereocenters. The van der Waals surface area contributed by atoms with Crippen LogP contribution in [0.1, 0.15) is 5.56 Å². The van der Waals surface area contributed by atoms with E-state index in [9.17, 15) is 17.2 Å². The van der Waals surface area contributed by atoms with E-state index in [0.29, 0.717) is 6.07 Å². The lowest BCUT2D eigenvalue weighted by atomic mass is 10.3. The molecule has 0 aliphatic heterocycles. The van der Waals surface area contributed by atoms with E-state index in [1.807, 2.05) is 0 Å². The van der Waals surface area contributed by atoms with E-state index in [2.05, 4.69) is 9.82 Å². The standard InChI is InChI=1S/C11H8F2N4O2S/c1-17-11(7(5-14)6-15-17)16-20(18,19)10-3-2-8(12)4-9(10)13/h2-4,6,16H,1H3. The summed E-state index contributed by atoms with van der Waals surface area (Å²) in [7, 11) is -2.87. The number of halogens is 2. The van der Waals surface area contributed by atoms with Gasteiger partial charge in [0.25, 0.3) is 10.0 Å². The summed E-state index contributed by atoms with van der Waals surface area (Å²) in [5.41, 5.74) is -0.0152. The van der Waals surface area contributed by atoms with Gasteiger partial charge in [-0.2, -0.15) is 10.4 Å². The Hall–Kier alpha value is -2.47. The topological polar surface area (TPSA) is 87.8 Å². The second-order valence-corrected chi connectivity index (χ2v) is 5.47. The molecular formula is C11H8F2N4O2S. The zero-order valence-corrected chi connectivity index (χ0v) is 10.9. The van der Waals surface area contributed by atoms with Gasteiger partial charge >= 0.3 is 0 Å². The van der Waals surface area contributed by atoms with Crippen LogP contribution in [0.25, 0.3) is 0 Å². The van der Waals surface area contributed by atoms with Crippen molar-refractivity contribution in [1.29, 1.82) is 5.26 Å². The fourth-order valence-electron chi connectivity index (χ4n) is 1.52. The molecule has 0 fully saturated rings.